The number of carbonyl (C=O) groups excluding carboxylic acids is 1. The third-order valence-corrected chi connectivity index (χ3v) is 4.62. The second-order valence-electron chi connectivity index (χ2n) is 6.03. The number of rotatable bonds is 3. The van der Waals surface area contributed by atoms with E-state index in [9.17, 15) is 4.79 Å². The molecule has 1 heterocycles. The number of carbonyl (C=O) groups is 1. The van der Waals surface area contributed by atoms with E-state index >= 15 is 0 Å². The maximum Gasteiger partial charge on any atom is 0.256 e. The first-order chi connectivity index (χ1) is 12.7. The van der Waals surface area contributed by atoms with Crippen LogP contribution < -0.4 is 10.1 Å². The molecular formula is C22H16ClNO2. The fourth-order valence-electron chi connectivity index (χ4n) is 3.13. The third kappa shape index (κ3) is 2.98. The van der Waals surface area contributed by atoms with Crippen molar-refractivity contribution in [2.24, 2.45) is 0 Å². The van der Waals surface area contributed by atoms with Gasteiger partial charge in [0.2, 0.25) is 0 Å². The summed E-state index contributed by atoms with van der Waals surface area (Å²) in [6, 6.07) is 21.3. The number of benzene rings is 3. The second kappa shape index (κ2) is 6.70. The molecule has 0 radical (unpaired) electrons. The lowest BCUT2D eigenvalue weighted by atomic mass is 9.99. The summed E-state index contributed by atoms with van der Waals surface area (Å²) < 4.78 is 5.50. The van der Waals surface area contributed by atoms with Gasteiger partial charge in [-0.15, -0.1) is 0 Å². The van der Waals surface area contributed by atoms with Crippen molar-refractivity contribution in [2.75, 3.05) is 12.4 Å². The minimum Gasteiger partial charge on any atom is -0.496 e. The molecule has 3 aromatic rings. The van der Waals surface area contributed by atoms with Gasteiger partial charge in [-0.3, -0.25) is 4.79 Å². The van der Waals surface area contributed by atoms with Gasteiger partial charge in [0.05, 0.1) is 7.11 Å². The van der Waals surface area contributed by atoms with Crippen molar-refractivity contribution in [3.63, 3.8) is 0 Å². The Kier molecular flexibility index (Phi) is 4.23. The van der Waals surface area contributed by atoms with Crippen LogP contribution in [0.25, 0.3) is 22.8 Å². The van der Waals surface area contributed by atoms with Gasteiger partial charge in [-0.2, -0.15) is 0 Å². The summed E-state index contributed by atoms with van der Waals surface area (Å²) in [4.78, 5) is 12.4. The smallest absolute Gasteiger partial charge is 0.256 e. The summed E-state index contributed by atoms with van der Waals surface area (Å²) in [6.07, 6.45) is 1.88. The van der Waals surface area contributed by atoms with Crippen molar-refractivity contribution in [1.82, 2.24) is 0 Å². The lowest BCUT2D eigenvalue weighted by Gasteiger charge is -2.10. The molecule has 1 N–H and O–H groups in total. The Balaban J connectivity index is 1.82. The molecule has 0 bridgehead atoms. The summed E-state index contributed by atoms with van der Waals surface area (Å²) in [5.41, 5.74) is 5.16. The van der Waals surface area contributed by atoms with Gasteiger partial charge in [0.25, 0.3) is 5.91 Å². The van der Waals surface area contributed by atoms with Crippen LogP contribution in [-0.4, -0.2) is 13.0 Å². The summed E-state index contributed by atoms with van der Waals surface area (Å²) >= 11 is 6.10. The molecule has 0 saturated carbocycles. The fourth-order valence-corrected chi connectivity index (χ4v) is 3.30. The Morgan fingerprint density at radius 2 is 1.77 bits per heavy atom. The van der Waals surface area contributed by atoms with E-state index in [1.165, 1.54) is 0 Å². The number of hydrogen-bond acceptors (Lipinski definition) is 2. The van der Waals surface area contributed by atoms with Crippen molar-refractivity contribution < 1.29 is 9.53 Å². The zero-order valence-corrected chi connectivity index (χ0v) is 14.9. The predicted octanol–water partition coefficient (Wildman–Crippen LogP) is 5.51. The molecule has 0 saturated heterocycles. The Morgan fingerprint density at radius 3 is 2.54 bits per heavy atom. The molecule has 0 atom stereocenters. The van der Waals surface area contributed by atoms with Gasteiger partial charge in [-0.1, -0.05) is 48.0 Å². The minimum atomic E-state index is -0.126. The second-order valence-corrected chi connectivity index (χ2v) is 6.46. The van der Waals surface area contributed by atoms with Gasteiger partial charge in [0, 0.05) is 27.4 Å². The average molecular weight is 362 g/mol. The zero-order chi connectivity index (χ0) is 18.1. The van der Waals surface area contributed by atoms with Gasteiger partial charge < -0.3 is 10.1 Å². The summed E-state index contributed by atoms with van der Waals surface area (Å²) in [6.45, 7) is 0. The van der Waals surface area contributed by atoms with Crippen LogP contribution in [0.1, 0.15) is 11.1 Å². The summed E-state index contributed by atoms with van der Waals surface area (Å²) in [7, 11) is 1.66. The lowest BCUT2D eigenvalue weighted by molar-refractivity contribution is -0.110. The van der Waals surface area contributed by atoms with E-state index in [0.717, 1.165) is 33.7 Å². The number of halogens is 1. The molecule has 1 aliphatic heterocycles. The Bertz CT molecular complexity index is 1030. The molecule has 26 heavy (non-hydrogen) atoms. The third-order valence-electron chi connectivity index (χ3n) is 4.38. The standard InChI is InChI=1S/C22H16ClNO2/c1-26-21-10-7-14(11-17(21)15-5-3-2-4-6-15)12-19-18-13-16(23)8-9-20(18)24-22(19)25/h2-13H,1H3,(H,24,25)/b19-12+. The maximum absolute atomic E-state index is 12.4. The number of amides is 1. The van der Waals surface area contributed by atoms with Crippen LogP contribution in [0, 0.1) is 0 Å². The highest BCUT2D eigenvalue weighted by Crippen LogP contribution is 2.36. The SMILES string of the molecule is COc1ccc(/C=C2/C(=O)Nc3ccc(Cl)cc32)cc1-c1ccccc1. The van der Waals surface area contributed by atoms with Crippen LogP contribution in [0.3, 0.4) is 0 Å². The molecule has 1 aliphatic rings. The maximum atomic E-state index is 12.4. The van der Waals surface area contributed by atoms with Crippen molar-refractivity contribution in [3.8, 4) is 16.9 Å². The molecule has 0 fully saturated rings. The van der Waals surface area contributed by atoms with E-state index in [4.69, 9.17) is 16.3 Å². The molecule has 0 unspecified atom stereocenters. The zero-order valence-electron chi connectivity index (χ0n) is 14.1. The van der Waals surface area contributed by atoms with E-state index < -0.39 is 0 Å². The molecule has 3 nitrogen and oxygen atoms in total. The Hall–Kier alpha value is -3.04. The van der Waals surface area contributed by atoms with Crippen molar-refractivity contribution in [3.05, 3.63) is 82.9 Å². The Labute approximate surface area is 156 Å². The number of methoxy groups -OCH3 is 1. The number of nitrogens with one attached hydrogen (secondary N) is 1. The van der Waals surface area contributed by atoms with Crippen LogP contribution in [0.15, 0.2) is 66.7 Å². The Morgan fingerprint density at radius 1 is 0.962 bits per heavy atom. The summed E-state index contributed by atoms with van der Waals surface area (Å²) in [5.74, 6) is 0.664. The number of anilines is 1. The predicted molar refractivity (Wildman–Crippen MR) is 106 cm³/mol. The number of fused-ring (bicyclic) bond motifs is 1. The first-order valence-electron chi connectivity index (χ1n) is 8.22. The highest BCUT2D eigenvalue weighted by Gasteiger charge is 2.24. The van der Waals surface area contributed by atoms with E-state index in [2.05, 4.69) is 5.32 Å². The van der Waals surface area contributed by atoms with Gasteiger partial charge in [0.1, 0.15) is 5.75 Å². The number of ether oxygens (including phenoxy) is 1. The van der Waals surface area contributed by atoms with E-state index in [-0.39, 0.29) is 5.91 Å². The molecule has 0 spiro atoms. The van der Waals surface area contributed by atoms with Gasteiger partial charge >= 0.3 is 0 Å². The van der Waals surface area contributed by atoms with Crippen molar-refractivity contribution in [2.45, 2.75) is 0 Å². The topological polar surface area (TPSA) is 38.3 Å². The van der Waals surface area contributed by atoms with E-state index in [1.807, 2.05) is 66.7 Å². The van der Waals surface area contributed by atoms with Gasteiger partial charge in [-0.05, 0) is 47.5 Å². The highest BCUT2D eigenvalue weighted by atomic mass is 35.5. The van der Waals surface area contributed by atoms with Crippen LogP contribution in [0.2, 0.25) is 5.02 Å². The highest BCUT2D eigenvalue weighted by molar-refractivity contribution is 6.36. The molecule has 3 aromatic carbocycles. The molecule has 4 rings (SSSR count). The largest absolute Gasteiger partial charge is 0.496 e. The minimum absolute atomic E-state index is 0.126. The molecule has 1 amide bonds. The van der Waals surface area contributed by atoms with Gasteiger partial charge in [0.15, 0.2) is 0 Å². The monoisotopic (exact) mass is 361 g/mol. The molecule has 0 aliphatic carbocycles. The molecule has 0 aromatic heterocycles. The molecule has 128 valence electrons. The average Bonchev–Trinajstić information content (AvgIpc) is 2.97. The first kappa shape index (κ1) is 16.4. The number of hydrogen-bond donors (Lipinski definition) is 1. The van der Waals surface area contributed by atoms with E-state index in [1.54, 1.807) is 13.2 Å². The van der Waals surface area contributed by atoms with Crippen LogP contribution in [-0.2, 0) is 4.79 Å². The van der Waals surface area contributed by atoms with Crippen molar-refractivity contribution >= 4 is 34.8 Å². The van der Waals surface area contributed by atoms with Crippen LogP contribution >= 0.6 is 11.6 Å². The molecule has 4 heteroatoms. The van der Waals surface area contributed by atoms with Crippen molar-refractivity contribution in [1.29, 1.82) is 0 Å². The van der Waals surface area contributed by atoms with E-state index in [0.29, 0.717) is 10.6 Å². The van der Waals surface area contributed by atoms with Crippen LogP contribution in [0.5, 0.6) is 5.75 Å². The fraction of sp³-hybridized carbons (Fsp3) is 0.0455. The normalized spacial score (nSPS) is 14.2. The quantitative estimate of drug-likeness (QED) is 0.625. The van der Waals surface area contributed by atoms with Crippen LogP contribution in [0.4, 0.5) is 5.69 Å². The molecular weight excluding hydrogens is 346 g/mol. The lowest BCUT2D eigenvalue weighted by Crippen LogP contribution is -2.03. The summed E-state index contributed by atoms with van der Waals surface area (Å²) in [5, 5.41) is 3.48. The first-order valence-corrected chi connectivity index (χ1v) is 8.60. The van der Waals surface area contributed by atoms with Gasteiger partial charge in [-0.25, -0.2) is 0 Å².